The van der Waals surface area contributed by atoms with Gasteiger partial charge in [-0.25, -0.2) is 29.7 Å². The summed E-state index contributed by atoms with van der Waals surface area (Å²) < 4.78 is 45.1. The third-order valence-electron chi connectivity index (χ3n) is 7.31. The Kier molecular flexibility index (Phi) is 13.9. The predicted molar refractivity (Wildman–Crippen MR) is 160 cm³/mol. The number of rotatable bonds is 11. The van der Waals surface area contributed by atoms with Crippen LogP contribution in [0, 0.1) is 5.92 Å². The molecule has 0 radical (unpaired) electrons. The van der Waals surface area contributed by atoms with Gasteiger partial charge in [0.05, 0.1) is 18.8 Å². The highest BCUT2D eigenvalue weighted by Gasteiger charge is 2.49. The molecule has 0 spiro atoms. The van der Waals surface area contributed by atoms with Crippen molar-refractivity contribution in [3.8, 4) is 0 Å². The van der Waals surface area contributed by atoms with Crippen LogP contribution in [0.1, 0.15) is 68.2 Å². The largest absolute Gasteiger partial charge is 0.447 e. The Morgan fingerprint density at radius 1 is 0.911 bits per heavy atom. The van der Waals surface area contributed by atoms with Crippen LogP contribution in [-0.2, 0) is 42.7 Å². The van der Waals surface area contributed by atoms with E-state index in [1.54, 1.807) is 41.5 Å². The summed E-state index contributed by atoms with van der Waals surface area (Å²) in [6.07, 6.45) is -5.79. The summed E-state index contributed by atoms with van der Waals surface area (Å²) in [5.74, 6) is -0.924. The van der Waals surface area contributed by atoms with E-state index in [1.807, 2.05) is 13.8 Å². The van der Waals surface area contributed by atoms with E-state index < -0.39 is 78.0 Å². The number of hydrogen-bond acceptors (Lipinski definition) is 12. The lowest BCUT2D eigenvalue weighted by molar-refractivity contribution is -0.251. The molecule has 7 atom stereocenters. The number of imide groups is 1. The molecule has 2 heterocycles. The van der Waals surface area contributed by atoms with Gasteiger partial charge in [0.15, 0.2) is 0 Å². The van der Waals surface area contributed by atoms with Crippen molar-refractivity contribution in [1.29, 1.82) is 0 Å². The maximum absolute atomic E-state index is 14.3. The molecule has 0 unspecified atom stereocenters. The van der Waals surface area contributed by atoms with Crippen molar-refractivity contribution in [2.75, 3.05) is 41.7 Å². The molecule has 4 amide bonds. The molecule has 1 N–H and O–H groups in total. The zero-order valence-corrected chi connectivity index (χ0v) is 28.7. The standard InChI is InChI=1S/C30H53N3O12/c1-17(2)19-15-42-27(36)32(19)25(34)18(33(28(37)45-30(6,7)8)31-26(35)44-29(3,4)5)13-14-20-22(39-10)24(41-12)23(40-11)21(43-20)16-38-9/h17-24H,13-16H2,1-12H3,(H,31,35)/t18-,19+,20+,21+,22-,23-,24+/m0/s1. The quantitative estimate of drug-likeness (QED) is 0.258. The number of carbonyl (C=O) groups excluding carboxylic acids is 4. The van der Waals surface area contributed by atoms with Crippen LogP contribution in [0.15, 0.2) is 0 Å². The van der Waals surface area contributed by atoms with Gasteiger partial charge < -0.3 is 37.9 Å². The molecule has 0 aromatic rings. The molecule has 0 aromatic heterocycles. The molecule has 0 bridgehead atoms. The lowest BCUT2D eigenvalue weighted by atomic mass is 9.91. The summed E-state index contributed by atoms with van der Waals surface area (Å²) in [5.41, 5.74) is 0.485. The second-order valence-electron chi connectivity index (χ2n) is 13.4. The van der Waals surface area contributed by atoms with E-state index in [2.05, 4.69) is 5.43 Å². The van der Waals surface area contributed by atoms with Crippen molar-refractivity contribution in [3.05, 3.63) is 0 Å². The van der Waals surface area contributed by atoms with Gasteiger partial charge in [0.1, 0.15) is 48.3 Å². The van der Waals surface area contributed by atoms with E-state index >= 15 is 0 Å². The van der Waals surface area contributed by atoms with E-state index in [0.29, 0.717) is 0 Å². The van der Waals surface area contributed by atoms with E-state index in [0.717, 1.165) is 9.91 Å². The Bertz CT molecular complexity index is 1010. The van der Waals surface area contributed by atoms with Gasteiger partial charge in [-0.15, -0.1) is 0 Å². The first-order valence-corrected chi connectivity index (χ1v) is 15.1. The second kappa shape index (κ2) is 16.2. The van der Waals surface area contributed by atoms with Crippen LogP contribution in [0.25, 0.3) is 0 Å². The van der Waals surface area contributed by atoms with Gasteiger partial charge in [0.2, 0.25) is 0 Å². The van der Waals surface area contributed by atoms with Crippen molar-refractivity contribution in [1.82, 2.24) is 15.3 Å². The smallest absolute Gasteiger partial charge is 0.430 e. The van der Waals surface area contributed by atoms with Crippen molar-refractivity contribution >= 4 is 24.2 Å². The van der Waals surface area contributed by atoms with Gasteiger partial charge >= 0.3 is 18.3 Å². The minimum atomic E-state index is -1.44. The molecule has 15 heteroatoms. The highest BCUT2D eigenvalue weighted by Crippen LogP contribution is 2.31. The van der Waals surface area contributed by atoms with Crippen LogP contribution in [0.2, 0.25) is 0 Å². The van der Waals surface area contributed by atoms with Crippen LogP contribution in [0.3, 0.4) is 0 Å². The predicted octanol–water partition coefficient (Wildman–Crippen LogP) is 3.27. The van der Waals surface area contributed by atoms with E-state index in [1.165, 1.54) is 28.4 Å². The van der Waals surface area contributed by atoms with E-state index in [-0.39, 0.29) is 32.0 Å². The average molecular weight is 648 g/mol. The lowest BCUT2D eigenvalue weighted by Gasteiger charge is -2.45. The van der Waals surface area contributed by atoms with Crippen LogP contribution in [0.4, 0.5) is 14.4 Å². The number of hydrogen-bond donors (Lipinski definition) is 1. The molecular weight excluding hydrogens is 594 g/mol. The van der Waals surface area contributed by atoms with Crippen molar-refractivity contribution in [2.45, 2.75) is 122 Å². The van der Waals surface area contributed by atoms with Gasteiger partial charge in [0.25, 0.3) is 5.91 Å². The summed E-state index contributed by atoms with van der Waals surface area (Å²) in [5, 5.41) is 0.772. The van der Waals surface area contributed by atoms with Gasteiger partial charge in [-0.1, -0.05) is 13.8 Å². The number of nitrogens with one attached hydrogen (secondary N) is 1. The molecule has 0 aliphatic carbocycles. The first-order valence-electron chi connectivity index (χ1n) is 15.1. The molecule has 2 rings (SSSR count). The molecule has 15 nitrogen and oxygen atoms in total. The summed E-state index contributed by atoms with van der Waals surface area (Å²) in [6.45, 7) is 13.8. The van der Waals surface area contributed by atoms with Crippen LogP contribution in [0.5, 0.6) is 0 Å². The third-order valence-corrected chi connectivity index (χ3v) is 7.31. The fourth-order valence-corrected chi connectivity index (χ4v) is 5.35. The fourth-order valence-electron chi connectivity index (χ4n) is 5.35. The zero-order chi connectivity index (χ0) is 34.3. The highest BCUT2D eigenvalue weighted by atomic mass is 16.6. The van der Waals surface area contributed by atoms with E-state index in [9.17, 15) is 19.2 Å². The Morgan fingerprint density at radius 3 is 1.96 bits per heavy atom. The van der Waals surface area contributed by atoms with Crippen molar-refractivity contribution < 1.29 is 57.1 Å². The van der Waals surface area contributed by atoms with Gasteiger partial charge in [-0.05, 0) is 60.3 Å². The Labute approximate surface area is 266 Å². The molecule has 2 fully saturated rings. The first kappa shape index (κ1) is 38.5. The van der Waals surface area contributed by atoms with Gasteiger partial charge in [-0.3, -0.25) is 4.79 Å². The minimum Gasteiger partial charge on any atom is -0.447 e. The molecule has 260 valence electrons. The summed E-state index contributed by atoms with van der Waals surface area (Å²) in [4.78, 5) is 54.8. The number of hydrazine groups is 1. The Hall–Kier alpha value is -2.72. The van der Waals surface area contributed by atoms with Gasteiger partial charge in [0, 0.05) is 28.4 Å². The third kappa shape index (κ3) is 10.4. The SMILES string of the molecule is COC[C@H]1O[C@H](CC[C@@H](C(=O)N2C(=O)OC[C@@H]2C(C)C)N(NC(=O)OC(C)(C)C)C(=O)OC(C)(C)C)[C@H](OC)[C@@H](OC)[C@H]1OC. The Morgan fingerprint density at radius 2 is 1.47 bits per heavy atom. The number of methoxy groups -OCH3 is 4. The first-order chi connectivity index (χ1) is 20.9. The highest BCUT2D eigenvalue weighted by molar-refractivity contribution is 5.98. The molecular formula is C30H53N3O12. The summed E-state index contributed by atoms with van der Waals surface area (Å²) in [7, 11) is 6.10. The summed E-state index contributed by atoms with van der Waals surface area (Å²) in [6, 6.07) is -2.04. The number of carbonyl (C=O) groups is 4. The zero-order valence-electron chi connectivity index (χ0n) is 28.7. The number of ether oxygens (including phenoxy) is 8. The van der Waals surface area contributed by atoms with E-state index in [4.69, 9.17) is 37.9 Å². The Balaban J connectivity index is 2.57. The second-order valence-corrected chi connectivity index (χ2v) is 13.4. The van der Waals surface area contributed by atoms with Gasteiger partial charge in [-0.2, -0.15) is 0 Å². The molecule has 2 aliphatic rings. The van der Waals surface area contributed by atoms with Crippen molar-refractivity contribution in [3.63, 3.8) is 0 Å². The normalized spacial score (nSPS) is 26.3. The van der Waals surface area contributed by atoms with Crippen LogP contribution in [-0.4, -0.2) is 130 Å². The number of nitrogens with zero attached hydrogens (tertiary/aromatic N) is 2. The number of amides is 4. The minimum absolute atomic E-state index is 0.00893. The topological polar surface area (TPSA) is 161 Å². The number of cyclic esters (lactones) is 1. The maximum Gasteiger partial charge on any atom is 0.430 e. The van der Waals surface area contributed by atoms with Crippen LogP contribution >= 0.6 is 0 Å². The molecule has 2 aliphatic heterocycles. The lowest BCUT2D eigenvalue weighted by Crippen LogP contribution is -2.62. The molecule has 45 heavy (non-hydrogen) atoms. The molecule has 0 saturated carbocycles. The average Bonchev–Trinajstić information content (AvgIpc) is 3.31. The fraction of sp³-hybridized carbons (Fsp3) is 0.867. The monoisotopic (exact) mass is 647 g/mol. The van der Waals surface area contributed by atoms with Crippen LogP contribution < -0.4 is 5.43 Å². The summed E-state index contributed by atoms with van der Waals surface area (Å²) >= 11 is 0. The molecule has 2 saturated heterocycles. The molecule has 0 aromatic carbocycles. The maximum atomic E-state index is 14.3. The van der Waals surface area contributed by atoms with Crippen molar-refractivity contribution in [2.24, 2.45) is 5.92 Å².